The van der Waals surface area contributed by atoms with Crippen LogP contribution in [0.5, 0.6) is 0 Å². The van der Waals surface area contributed by atoms with Gasteiger partial charge in [-0.15, -0.1) is 0 Å². The minimum atomic E-state index is -0.349. The summed E-state index contributed by atoms with van der Waals surface area (Å²) in [6.45, 7) is 2.14. The highest BCUT2D eigenvalue weighted by atomic mass is 16.5. The van der Waals surface area contributed by atoms with Crippen molar-refractivity contribution in [3.63, 3.8) is 0 Å². The molecule has 0 amide bonds. The summed E-state index contributed by atoms with van der Waals surface area (Å²) >= 11 is 0. The molecule has 2 rings (SSSR count). The van der Waals surface area contributed by atoms with Gasteiger partial charge >= 0.3 is 18.5 Å². The van der Waals surface area contributed by atoms with Gasteiger partial charge in [0.15, 0.2) is 5.56 Å². The fourth-order valence-electron chi connectivity index (χ4n) is 1.45. The van der Waals surface area contributed by atoms with Crippen LogP contribution in [0.15, 0.2) is 41.2 Å². The number of hydrogen-bond donors (Lipinski definition) is 0. The highest BCUT2D eigenvalue weighted by Crippen LogP contribution is 2.18. The van der Waals surface area contributed by atoms with Crippen molar-refractivity contribution in [2.75, 3.05) is 6.61 Å². The molecule has 0 N–H and O–H groups in total. The first-order chi connectivity index (χ1) is 7.33. The van der Waals surface area contributed by atoms with Gasteiger partial charge in [0.1, 0.15) is 0 Å². The maximum Gasteiger partial charge on any atom is 0.347 e. The van der Waals surface area contributed by atoms with Crippen molar-refractivity contribution in [3.05, 3.63) is 42.4 Å². The first-order valence-electron chi connectivity index (χ1n) is 4.78. The molecule has 3 nitrogen and oxygen atoms in total. The molecule has 0 bridgehead atoms. The second kappa shape index (κ2) is 4.09. The van der Waals surface area contributed by atoms with Crippen LogP contribution < -0.4 is 0 Å². The fourth-order valence-corrected chi connectivity index (χ4v) is 1.45. The number of hydrogen-bond acceptors (Lipinski definition) is 2. The molecule has 0 radical (unpaired) electrons. The number of carbonyl (C=O) groups is 1. The maximum atomic E-state index is 11.6. The Morgan fingerprint density at radius 1 is 1.33 bits per heavy atom. The average molecular weight is 203 g/mol. The van der Waals surface area contributed by atoms with Gasteiger partial charge in [-0.05, 0) is 13.0 Å². The summed E-state index contributed by atoms with van der Waals surface area (Å²) in [5, 5.41) is 1.74. The van der Waals surface area contributed by atoms with Gasteiger partial charge in [-0.1, -0.05) is 18.2 Å². The van der Waals surface area contributed by atoms with Crippen LogP contribution in [0.4, 0.5) is 0 Å². The minimum Gasteiger partial charge on any atom is -0.462 e. The molecular formula is C12H11O3+. The van der Waals surface area contributed by atoms with E-state index in [2.05, 4.69) is 0 Å². The lowest BCUT2D eigenvalue weighted by atomic mass is 10.1. The Bertz CT molecular complexity index is 486. The van der Waals surface area contributed by atoms with Crippen LogP contribution in [0.1, 0.15) is 17.3 Å². The monoisotopic (exact) mass is 203 g/mol. The van der Waals surface area contributed by atoms with E-state index < -0.39 is 0 Å². The second-order valence-electron chi connectivity index (χ2n) is 3.09. The fraction of sp³-hybridized carbons (Fsp3) is 0.167. The van der Waals surface area contributed by atoms with Crippen molar-refractivity contribution in [2.45, 2.75) is 6.92 Å². The molecule has 2 aromatic rings. The molecule has 1 heterocycles. The van der Waals surface area contributed by atoms with Crippen molar-refractivity contribution in [1.29, 1.82) is 0 Å². The van der Waals surface area contributed by atoms with E-state index in [1.807, 2.05) is 24.3 Å². The van der Waals surface area contributed by atoms with Crippen LogP contribution in [-0.2, 0) is 4.74 Å². The number of esters is 1. The van der Waals surface area contributed by atoms with Crippen LogP contribution in [-0.4, -0.2) is 12.6 Å². The Balaban J connectivity index is 2.56. The summed E-state index contributed by atoms with van der Waals surface area (Å²) in [6, 6.07) is 7.54. The Kier molecular flexibility index (Phi) is 2.63. The molecule has 76 valence electrons. The first kappa shape index (κ1) is 9.65. The quantitative estimate of drug-likeness (QED) is 0.556. The van der Waals surface area contributed by atoms with E-state index in [9.17, 15) is 4.79 Å². The van der Waals surface area contributed by atoms with E-state index in [-0.39, 0.29) is 5.97 Å². The van der Waals surface area contributed by atoms with Gasteiger partial charge < -0.3 is 4.74 Å². The van der Waals surface area contributed by atoms with Crippen LogP contribution in [0.2, 0.25) is 0 Å². The average Bonchev–Trinajstić information content (AvgIpc) is 2.28. The van der Waals surface area contributed by atoms with Gasteiger partial charge in [-0.3, -0.25) is 0 Å². The predicted octanol–water partition coefficient (Wildman–Crippen LogP) is 2.89. The molecule has 0 unspecified atom stereocenters. The Morgan fingerprint density at radius 2 is 2.13 bits per heavy atom. The highest BCUT2D eigenvalue weighted by molar-refractivity contribution is 6.03. The van der Waals surface area contributed by atoms with Crippen molar-refractivity contribution in [2.24, 2.45) is 0 Å². The van der Waals surface area contributed by atoms with Gasteiger partial charge in [0.25, 0.3) is 0 Å². The molecule has 0 aliphatic heterocycles. The maximum absolute atomic E-state index is 11.6. The summed E-state index contributed by atoms with van der Waals surface area (Å²) < 4.78 is 10.0. The molecule has 3 heteroatoms. The summed E-state index contributed by atoms with van der Waals surface area (Å²) in [7, 11) is 0. The van der Waals surface area contributed by atoms with E-state index in [1.54, 1.807) is 13.2 Å². The lowest BCUT2D eigenvalue weighted by molar-refractivity contribution is 0.0526. The van der Waals surface area contributed by atoms with Crippen LogP contribution in [0.25, 0.3) is 10.8 Å². The zero-order chi connectivity index (χ0) is 10.7. The third-order valence-electron chi connectivity index (χ3n) is 2.13. The molecule has 0 spiro atoms. The van der Waals surface area contributed by atoms with Gasteiger partial charge in [-0.2, -0.15) is 0 Å². The normalized spacial score (nSPS) is 10.2. The van der Waals surface area contributed by atoms with E-state index in [1.165, 1.54) is 6.26 Å². The van der Waals surface area contributed by atoms with Gasteiger partial charge in [-0.25, -0.2) is 9.21 Å². The molecule has 1 aromatic heterocycles. The SMILES string of the molecule is CCOC(=O)c1c[o+]cc2ccccc12. The largest absolute Gasteiger partial charge is 0.462 e. The van der Waals surface area contributed by atoms with E-state index in [0.29, 0.717) is 12.2 Å². The highest BCUT2D eigenvalue weighted by Gasteiger charge is 2.16. The Hall–Kier alpha value is -1.90. The molecule has 0 atom stereocenters. The van der Waals surface area contributed by atoms with Crippen LogP contribution in [0, 0.1) is 0 Å². The number of benzene rings is 1. The summed E-state index contributed by atoms with van der Waals surface area (Å²) in [5.41, 5.74) is 0.468. The summed E-state index contributed by atoms with van der Waals surface area (Å²) in [6.07, 6.45) is 3.03. The molecule has 0 fully saturated rings. The lowest BCUT2D eigenvalue weighted by Gasteiger charge is -2.00. The number of rotatable bonds is 2. The number of ether oxygens (including phenoxy) is 1. The Morgan fingerprint density at radius 3 is 2.93 bits per heavy atom. The summed E-state index contributed by atoms with van der Waals surface area (Å²) in [4.78, 5) is 11.6. The molecule has 0 saturated carbocycles. The topological polar surface area (TPSA) is 37.6 Å². The van der Waals surface area contributed by atoms with Crippen LogP contribution in [0.3, 0.4) is 0 Å². The Labute approximate surface area is 87.3 Å². The third kappa shape index (κ3) is 1.81. The molecular weight excluding hydrogens is 192 g/mol. The van der Waals surface area contributed by atoms with Gasteiger partial charge in [0.2, 0.25) is 0 Å². The van der Waals surface area contributed by atoms with Crippen molar-refractivity contribution in [3.8, 4) is 0 Å². The first-order valence-corrected chi connectivity index (χ1v) is 4.78. The number of fused-ring (bicyclic) bond motifs is 1. The minimum absolute atomic E-state index is 0.349. The second-order valence-corrected chi connectivity index (χ2v) is 3.09. The van der Waals surface area contributed by atoms with Gasteiger partial charge in [0.05, 0.1) is 12.0 Å². The van der Waals surface area contributed by atoms with E-state index in [0.717, 1.165) is 10.8 Å². The molecule has 0 aliphatic rings. The predicted molar refractivity (Wildman–Crippen MR) is 56.6 cm³/mol. The molecule has 0 saturated heterocycles. The van der Waals surface area contributed by atoms with Crippen molar-refractivity contribution < 1.29 is 13.9 Å². The van der Waals surface area contributed by atoms with Gasteiger partial charge in [0, 0.05) is 5.39 Å². The zero-order valence-corrected chi connectivity index (χ0v) is 8.40. The molecule has 1 aromatic carbocycles. The third-order valence-corrected chi connectivity index (χ3v) is 2.13. The van der Waals surface area contributed by atoms with Crippen molar-refractivity contribution in [1.82, 2.24) is 0 Å². The van der Waals surface area contributed by atoms with Crippen LogP contribution >= 0.6 is 0 Å². The van der Waals surface area contributed by atoms with Crippen molar-refractivity contribution >= 4 is 16.7 Å². The number of carbonyl (C=O) groups excluding carboxylic acids is 1. The molecule has 0 aliphatic carbocycles. The summed E-state index contributed by atoms with van der Waals surface area (Å²) in [5.74, 6) is -0.349. The molecule has 15 heavy (non-hydrogen) atoms. The smallest absolute Gasteiger partial charge is 0.347 e. The standard InChI is InChI=1S/C12H11O3/c1-2-15-12(13)11-8-14-7-9-5-3-4-6-10(9)11/h3-8H,2H2,1H3/q+1. The zero-order valence-electron chi connectivity index (χ0n) is 8.40. The van der Waals surface area contributed by atoms with E-state index in [4.69, 9.17) is 9.15 Å². The van der Waals surface area contributed by atoms with E-state index >= 15 is 0 Å². The lowest BCUT2D eigenvalue weighted by Crippen LogP contribution is -2.04.